The Morgan fingerprint density at radius 1 is 1.48 bits per heavy atom. The van der Waals surface area contributed by atoms with Crippen molar-refractivity contribution >= 4 is 35.1 Å². The van der Waals surface area contributed by atoms with E-state index in [0.717, 1.165) is 18.4 Å². The Hall–Kier alpha value is -2.15. The third-order valence-corrected chi connectivity index (χ3v) is 3.80. The van der Waals surface area contributed by atoms with Gasteiger partial charge >= 0.3 is 0 Å². The van der Waals surface area contributed by atoms with Crippen molar-refractivity contribution in [1.82, 2.24) is 10.3 Å². The van der Waals surface area contributed by atoms with Crippen LogP contribution in [0.3, 0.4) is 0 Å². The van der Waals surface area contributed by atoms with Crippen LogP contribution in [0.4, 0.5) is 0 Å². The van der Waals surface area contributed by atoms with Crippen molar-refractivity contribution in [2.75, 3.05) is 0 Å². The zero-order valence-electron chi connectivity index (χ0n) is 11.2. The molecule has 4 N–H and O–H groups in total. The standard InChI is InChI=1S/C14H15N3O3S/c15-12(18)6-10(7-1-2-7)16-13(19)8-3-4-9-11(5-8)20-14(21)17-9/h3-5,7,10H,1-2,6H2,(H2,15,18)(H,16,19)(H,17,21)/t10-/m0/s1. The Bertz CT molecular complexity index is 760. The van der Waals surface area contributed by atoms with Crippen molar-refractivity contribution in [1.29, 1.82) is 0 Å². The van der Waals surface area contributed by atoms with Crippen LogP contribution in [0.2, 0.25) is 0 Å². The molecule has 3 rings (SSSR count). The van der Waals surface area contributed by atoms with Crippen LogP contribution < -0.4 is 11.1 Å². The number of amides is 2. The Morgan fingerprint density at radius 2 is 2.24 bits per heavy atom. The predicted molar refractivity (Wildman–Crippen MR) is 79.2 cm³/mol. The van der Waals surface area contributed by atoms with E-state index in [4.69, 9.17) is 22.4 Å². The summed E-state index contributed by atoms with van der Waals surface area (Å²) in [4.78, 5) is 26.5. The third-order valence-electron chi connectivity index (χ3n) is 3.61. The Kier molecular flexibility index (Phi) is 3.50. The SMILES string of the molecule is NC(=O)C[C@H](NC(=O)c1ccc2[nH]c(=S)oc2c1)C1CC1. The van der Waals surface area contributed by atoms with E-state index in [9.17, 15) is 9.59 Å². The average Bonchev–Trinajstić information content (AvgIpc) is 3.18. The summed E-state index contributed by atoms with van der Waals surface area (Å²) < 4.78 is 5.29. The molecule has 1 heterocycles. The molecule has 1 aromatic heterocycles. The zero-order valence-corrected chi connectivity index (χ0v) is 12.0. The summed E-state index contributed by atoms with van der Waals surface area (Å²) in [5.41, 5.74) is 6.97. The van der Waals surface area contributed by atoms with Crippen molar-refractivity contribution < 1.29 is 14.0 Å². The van der Waals surface area contributed by atoms with E-state index < -0.39 is 5.91 Å². The van der Waals surface area contributed by atoms with Gasteiger partial charge in [-0.25, -0.2) is 0 Å². The summed E-state index contributed by atoms with van der Waals surface area (Å²) in [5.74, 6) is -0.294. The van der Waals surface area contributed by atoms with E-state index in [1.165, 1.54) is 0 Å². The van der Waals surface area contributed by atoms with Gasteiger partial charge < -0.3 is 20.5 Å². The van der Waals surface area contributed by atoms with Crippen LogP contribution in [0.1, 0.15) is 29.6 Å². The van der Waals surface area contributed by atoms with Crippen LogP contribution in [0.25, 0.3) is 11.1 Å². The molecule has 0 unspecified atom stereocenters. The lowest BCUT2D eigenvalue weighted by Crippen LogP contribution is -2.39. The Morgan fingerprint density at radius 3 is 2.90 bits per heavy atom. The highest BCUT2D eigenvalue weighted by molar-refractivity contribution is 7.71. The van der Waals surface area contributed by atoms with Gasteiger partial charge in [-0.15, -0.1) is 0 Å². The van der Waals surface area contributed by atoms with Crippen molar-refractivity contribution in [3.8, 4) is 0 Å². The number of nitrogens with one attached hydrogen (secondary N) is 2. The second-order valence-corrected chi connectivity index (χ2v) is 5.68. The number of fused-ring (bicyclic) bond motifs is 1. The van der Waals surface area contributed by atoms with Gasteiger partial charge in [0.2, 0.25) is 5.91 Å². The molecular formula is C14H15N3O3S. The van der Waals surface area contributed by atoms with Gasteiger partial charge in [-0.3, -0.25) is 9.59 Å². The van der Waals surface area contributed by atoms with Gasteiger partial charge in [-0.1, -0.05) is 0 Å². The van der Waals surface area contributed by atoms with Gasteiger partial charge in [0.1, 0.15) is 0 Å². The molecule has 0 spiro atoms. The number of carbonyl (C=O) groups is 2. The van der Waals surface area contributed by atoms with E-state index in [-0.39, 0.29) is 23.2 Å². The molecule has 1 atom stereocenters. The fraction of sp³-hybridized carbons (Fsp3) is 0.357. The number of nitrogens with two attached hydrogens (primary N) is 1. The van der Waals surface area contributed by atoms with Gasteiger partial charge in [-0.2, -0.15) is 0 Å². The molecule has 21 heavy (non-hydrogen) atoms. The van der Waals surface area contributed by atoms with Crippen LogP contribution in [0.15, 0.2) is 22.6 Å². The summed E-state index contributed by atoms with van der Waals surface area (Å²) in [6.07, 6.45) is 2.21. The monoisotopic (exact) mass is 305 g/mol. The molecule has 1 saturated carbocycles. The van der Waals surface area contributed by atoms with Crippen LogP contribution >= 0.6 is 12.2 Å². The molecule has 0 saturated heterocycles. The lowest BCUT2D eigenvalue weighted by atomic mass is 10.1. The second kappa shape index (κ2) is 5.33. The number of hydrogen-bond acceptors (Lipinski definition) is 4. The van der Waals surface area contributed by atoms with Crippen molar-refractivity contribution in [3.63, 3.8) is 0 Å². The minimum Gasteiger partial charge on any atom is -0.429 e. The first-order valence-corrected chi connectivity index (χ1v) is 7.16. The number of benzene rings is 1. The first-order chi connectivity index (χ1) is 10.0. The lowest BCUT2D eigenvalue weighted by Gasteiger charge is -2.16. The van der Waals surface area contributed by atoms with Gasteiger partial charge in [0, 0.05) is 18.0 Å². The minimum absolute atomic E-state index is 0.170. The summed E-state index contributed by atoms with van der Waals surface area (Å²) in [6, 6.07) is 4.87. The maximum absolute atomic E-state index is 12.3. The molecule has 0 bridgehead atoms. The van der Waals surface area contributed by atoms with Crippen molar-refractivity contribution in [2.45, 2.75) is 25.3 Å². The highest BCUT2D eigenvalue weighted by Gasteiger charge is 2.33. The molecule has 6 nitrogen and oxygen atoms in total. The lowest BCUT2D eigenvalue weighted by molar-refractivity contribution is -0.118. The number of H-pyrrole nitrogens is 1. The number of hydrogen-bond donors (Lipinski definition) is 3. The molecule has 110 valence electrons. The molecule has 1 aliphatic rings. The predicted octanol–water partition coefficient (Wildman–Crippen LogP) is 1.87. The molecule has 1 fully saturated rings. The van der Waals surface area contributed by atoms with E-state index in [0.29, 0.717) is 17.1 Å². The maximum Gasteiger partial charge on any atom is 0.266 e. The topological polar surface area (TPSA) is 101 Å². The zero-order chi connectivity index (χ0) is 15.0. The number of carbonyl (C=O) groups excluding carboxylic acids is 2. The Balaban J connectivity index is 1.78. The minimum atomic E-state index is -0.404. The van der Waals surface area contributed by atoms with Crippen LogP contribution in [-0.4, -0.2) is 22.8 Å². The molecule has 2 aromatic rings. The molecule has 2 amide bonds. The van der Waals surface area contributed by atoms with Crippen LogP contribution in [-0.2, 0) is 4.79 Å². The van der Waals surface area contributed by atoms with E-state index in [1.807, 2.05) is 0 Å². The second-order valence-electron chi connectivity index (χ2n) is 5.31. The largest absolute Gasteiger partial charge is 0.429 e. The quantitative estimate of drug-likeness (QED) is 0.734. The number of rotatable bonds is 5. The fourth-order valence-electron chi connectivity index (χ4n) is 2.39. The van der Waals surface area contributed by atoms with Crippen molar-refractivity contribution in [2.24, 2.45) is 11.7 Å². The normalized spacial score (nSPS) is 15.8. The van der Waals surface area contributed by atoms with Gasteiger partial charge in [0.15, 0.2) is 5.58 Å². The molecule has 0 aliphatic heterocycles. The number of oxazole rings is 1. The smallest absolute Gasteiger partial charge is 0.266 e. The molecule has 1 aromatic carbocycles. The fourth-order valence-corrected chi connectivity index (χ4v) is 2.59. The van der Waals surface area contributed by atoms with E-state index in [1.54, 1.807) is 18.2 Å². The number of aromatic amines is 1. The summed E-state index contributed by atoms with van der Waals surface area (Å²) in [6.45, 7) is 0. The molecule has 7 heteroatoms. The van der Waals surface area contributed by atoms with Gasteiger partial charge in [-0.05, 0) is 49.2 Å². The molecule has 0 radical (unpaired) electrons. The van der Waals surface area contributed by atoms with Gasteiger partial charge in [0.25, 0.3) is 10.7 Å². The van der Waals surface area contributed by atoms with E-state index >= 15 is 0 Å². The van der Waals surface area contributed by atoms with Crippen molar-refractivity contribution in [3.05, 3.63) is 28.6 Å². The van der Waals surface area contributed by atoms with E-state index in [2.05, 4.69) is 10.3 Å². The Labute approximate surface area is 125 Å². The maximum atomic E-state index is 12.3. The van der Waals surface area contributed by atoms with Crippen LogP contribution in [0.5, 0.6) is 0 Å². The third kappa shape index (κ3) is 3.13. The molecular weight excluding hydrogens is 290 g/mol. The first kappa shape index (κ1) is 13.8. The average molecular weight is 305 g/mol. The summed E-state index contributed by atoms with van der Waals surface area (Å²) in [7, 11) is 0. The number of aromatic nitrogens is 1. The highest BCUT2D eigenvalue weighted by atomic mass is 32.1. The summed E-state index contributed by atoms with van der Waals surface area (Å²) in [5, 5.41) is 2.88. The van der Waals surface area contributed by atoms with Crippen LogP contribution in [0, 0.1) is 10.8 Å². The summed E-state index contributed by atoms with van der Waals surface area (Å²) >= 11 is 4.91. The first-order valence-electron chi connectivity index (χ1n) is 6.75. The number of primary amides is 1. The molecule has 1 aliphatic carbocycles. The highest BCUT2D eigenvalue weighted by Crippen LogP contribution is 2.34. The van der Waals surface area contributed by atoms with Gasteiger partial charge in [0.05, 0.1) is 5.52 Å².